The summed E-state index contributed by atoms with van der Waals surface area (Å²) in [6, 6.07) is 2.61. The standard InChI is InChI=1S/C10H13NO3.C7H7NO3/c1-10(2,3)14-9(13)7-4-8(12)6-11-5-7;1-11-7(10)5-2-6(9)4-8-3-5/h4-6,12H,1-3H3;2-4,9H,1H3. The molecule has 2 aromatic heterocycles. The summed E-state index contributed by atoms with van der Waals surface area (Å²) in [6.07, 6.45) is 5.18. The first kappa shape index (κ1) is 19.9. The quantitative estimate of drug-likeness (QED) is 0.794. The molecule has 0 bridgehead atoms. The van der Waals surface area contributed by atoms with Gasteiger partial charge in [-0.1, -0.05) is 0 Å². The monoisotopic (exact) mass is 348 g/mol. The Morgan fingerprint density at radius 1 is 0.880 bits per heavy atom. The molecule has 0 unspecified atom stereocenters. The molecule has 2 N–H and O–H groups in total. The van der Waals surface area contributed by atoms with Crippen LogP contribution < -0.4 is 0 Å². The highest BCUT2D eigenvalue weighted by Crippen LogP contribution is 2.14. The summed E-state index contributed by atoms with van der Waals surface area (Å²) in [5.74, 6) is -1.09. The summed E-state index contributed by atoms with van der Waals surface area (Å²) < 4.78 is 9.49. The van der Waals surface area contributed by atoms with Crippen molar-refractivity contribution in [2.75, 3.05) is 7.11 Å². The molecule has 0 aliphatic carbocycles. The van der Waals surface area contributed by atoms with Gasteiger partial charge in [0.25, 0.3) is 0 Å². The molecule has 8 heteroatoms. The molecule has 2 aromatic rings. The number of aromatic nitrogens is 2. The predicted molar refractivity (Wildman–Crippen MR) is 88.3 cm³/mol. The van der Waals surface area contributed by atoms with Gasteiger partial charge in [0.2, 0.25) is 0 Å². The minimum Gasteiger partial charge on any atom is -0.506 e. The normalized spacial score (nSPS) is 10.2. The Bertz CT molecular complexity index is 740. The lowest BCUT2D eigenvalue weighted by Crippen LogP contribution is -2.23. The highest BCUT2D eigenvalue weighted by Gasteiger charge is 2.18. The van der Waals surface area contributed by atoms with E-state index in [-0.39, 0.29) is 22.6 Å². The van der Waals surface area contributed by atoms with Crippen molar-refractivity contribution in [2.24, 2.45) is 0 Å². The Morgan fingerprint density at radius 3 is 1.68 bits per heavy atom. The Hall–Kier alpha value is -3.16. The molecular weight excluding hydrogens is 328 g/mol. The van der Waals surface area contributed by atoms with Crippen LogP contribution in [0.1, 0.15) is 41.5 Å². The summed E-state index contributed by atoms with van der Waals surface area (Å²) in [5.41, 5.74) is -0.0462. The maximum absolute atomic E-state index is 11.4. The highest BCUT2D eigenvalue weighted by atomic mass is 16.6. The summed E-state index contributed by atoms with van der Waals surface area (Å²) in [5, 5.41) is 18.0. The van der Waals surface area contributed by atoms with E-state index in [4.69, 9.17) is 14.9 Å². The summed E-state index contributed by atoms with van der Waals surface area (Å²) in [4.78, 5) is 29.5. The van der Waals surface area contributed by atoms with Gasteiger partial charge >= 0.3 is 11.9 Å². The van der Waals surface area contributed by atoms with E-state index in [2.05, 4.69) is 14.7 Å². The smallest absolute Gasteiger partial charge is 0.340 e. The van der Waals surface area contributed by atoms with Crippen LogP contribution in [0.2, 0.25) is 0 Å². The lowest BCUT2D eigenvalue weighted by Gasteiger charge is -2.19. The molecule has 0 aliphatic heterocycles. The molecule has 0 fully saturated rings. The van der Waals surface area contributed by atoms with Crippen molar-refractivity contribution in [2.45, 2.75) is 26.4 Å². The van der Waals surface area contributed by atoms with Crippen molar-refractivity contribution in [3.05, 3.63) is 48.0 Å². The fourth-order valence-electron chi connectivity index (χ4n) is 1.53. The first-order valence-corrected chi connectivity index (χ1v) is 7.22. The summed E-state index contributed by atoms with van der Waals surface area (Å²) in [6.45, 7) is 5.34. The second kappa shape index (κ2) is 8.62. The zero-order valence-corrected chi connectivity index (χ0v) is 14.4. The third-order valence-corrected chi connectivity index (χ3v) is 2.50. The molecule has 8 nitrogen and oxygen atoms in total. The summed E-state index contributed by atoms with van der Waals surface area (Å²) in [7, 11) is 1.27. The molecule has 25 heavy (non-hydrogen) atoms. The van der Waals surface area contributed by atoms with Crippen LogP contribution in [-0.2, 0) is 9.47 Å². The van der Waals surface area contributed by atoms with E-state index in [0.29, 0.717) is 0 Å². The van der Waals surface area contributed by atoms with Gasteiger partial charge in [-0.05, 0) is 32.9 Å². The number of nitrogens with zero attached hydrogens (tertiary/aromatic N) is 2. The van der Waals surface area contributed by atoms with Crippen LogP contribution in [0.15, 0.2) is 36.9 Å². The molecule has 0 aliphatic rings. The topological polar surface area (TPSA) is 119 Å². The van der Waals surface area contributed by atoms with E-state index in [1.165, 1.54) is 44.0 Å². The largest absolute Gasteiger partial charge is 0.506 e. The molecule has 134 valence electrons. The minimum absolute atomic E-state index is 0.0478. The number of methoxy groups -OCH3 is 1. The SMILES string of the molecule is CC(C)(C)OC(=O)c1cncc(O)c1.COC(=O)c1cncc(O)c1. The second-order valence-corrected chi connectivity index (χ2v) is 5.86. The third kappa shape index (κ3) is 7.30. The zero-order chi connectivity index (χ0) is 19.0. The van der Waals surface area contributed by atoms with E-state index in [0.717, 1.165) is 0 Å². The Morgan fingerprint density at radius 2 is 1.32 bits per heavy atom. The van der Waals surface area contributed by atoms with Crippen LogP contribution in [0.25, 0.3) is 0 Å². The number of carbonyl (C=O) groups excluding carboxylic acids is 2. The summed E-state index contributed by atoms with van der Waals surface area (Å²) >= 11 is 0. The molecule has 2 rings (SSSR count). The van der Waals surface area contributed by atoms with Crippen LogP contribution >= 0.6 is 0 Å². The molecule has 0 spiro atoms. The van der Waals surface area contributed by atoms with Crippen LogP contribution in [0.4, 0.5) is 0 Å². The fraction of sp³-hybridized carbons (Fsp3) is 0.294. The number of carbonyl (C=O) groups is 2. The average molecular weight is 348 g/mol. The second-order valence-electron chi connectivity index (χ2n) is 5.86. The van der Waals surface area contributed by atoms with Crippen LogP contribution in [0.5, 0.6) is 11.5 Å². The van der Waals surface area contributed by atoms with Crippen molar-refractivity contribution in [1.29, 1.82) is 0 Å². The van der Waals surface area contributed by atoms with Gasteiger partial charge in [-0.15, -0.1) is 0 Å². The van der Waals surface area contributed by atoms with Crippen LogP contribution in [0.3, 0.4) is 0 Å². The molecule has 0 radical (unpaired) electrons. The van der Waals surface area contributed by atoms with Gasteiger partial charge in [0.15, 0.2) is 0 Å². The van der Waals surface area contributed by atoms with Crippen molar-refractivity contribution in [3.8, 4) is 11.5 Å². The first-order valence-electron chi connectivity index (χ1n) is 7.22. The number of hydrogen-bond donors (Lipinski definition) is 2. The zero-order valence-electron chi connectivity index (χ0n) is 14.4. The van der Waals surface area contributed by atoms with Gasteiger partial charge in [0.1, 0.15) is 17.1 Å². The van der Waals surface area contributed by atoms with Gasteiger partial charge in [-0.2, -0.15) is 0 Å². The number of pyridine rings is 2. The van der Waals surface area contributed by atoms with Gasteiger partial charge < -0.3 is 19.7 Å². The number of ether oxygens (including phenoxy) is 2. The van der Waals surface area contributed by atoms with Gasteiger partial charge in [0, 0.05) is 12.4 Å². The minimum atomic E-state index is -0.539. The molecule has 0 amide bonds. The molecule has 0 aromatic carbocycles. The fourth-order valence-corrected chi connectivity index (χ4v) is 1.53. The molecule has 2 heterocycles. The predicted octanol–water partition coefficient (Wildman–Crippen LogP) is 2.32. The molecule has 0 saturated carbocycles. The number of aromatic hydroxyl groups is 2. The maximum Gasteiger partial charge on any atom is 0.340 e. The molecule has 0 saturated heterocycles. The Balaban J connectivity index is 0.000000257. The van der Waals surface area contributed by atoms with Crippen molar-refractivity contribution in [1.82, 2.24) is 9.97 Å². The van der Waals surface area contributed by atoms with Crippen molar-refractivity contribution < 1.29 is 29.3 Å². The molecular formula is C17H20N2O6. The highest BCUT2D eigenvalue weighted by molar-refractivity contribution is 5.89. The lowest BCUT2D eigenvalue weighted by atomic mass is 10.2. The van der Waals surface area contributed by atoms with E-state index >= 15 is 0 Å². The number of rotatable bonds is 2. The van der Waals surface area contributed by atoms with Crippen LogP contribution in [-0.4, -0.2) is 44.8 Å². The van der Waals surface area contributed by atoms with Crippen LogP contribution in [0, 0.1) is 0 Å². The average Bonchev–Trinajstić information content (AvgIpc) is 2.53. The third-order valence-electron chi connectivity index (χ3n) is 2.50. The van der Waals surface area contributed by atoms with E-state index in [1.807, 2.05) is 0 Å². The van der Waals surface area contributed by atoms with Gasteiger partial charge in [-0.25, -0.2) is 9.59 Å². The first-order chi connectivity index (χ1) is 11.6. The Labute approximate surface area is 145 Å². The van der Waals surface area contributed by atoms with E-state index < -0.39 is 17.5 Å². The number of hydrogen-bond acceptors (Lipinski definition) is 8. The van der Waals surface area contributed by atoms with Gasteiger partial charge in [-0.3, -0.25) is 9.97 Å². The number of esters is 2. The molecule has 0 atom stereocenters. The van der Waals surface area contributed by atoms with Gasteiger partial charge in [0.05, 0.1) is 30.6 Å². The Kier molecular flexibility index (Phi) is 6.86. The van der Waals surface area contributed by atoms with Crippen molar-refractivity contribution >= 4 is 11.9 Å². The van der Waals surface area contributed by atoms with E-state index in [1.54, 1.807) is 20.8 Å². The maximum atomic E-state index is 11.4. The van der Waals surface area contributed by atoms with Crippen molar-refractivity contribution in [3.63, 3.8) is 0 Å². The van der Waals surface area contributed by atoms with E-state index in [9.17, 15) is 9.59 Å². The lowest BCUT2D eigenvalue weighted by molar-refractivity contribution is 0.00684.